The van der Waals surface area contributed by atoms with Crippen LogP contribution < -0.4 is 21.3 Å². The molecule has 0 radical (unpaired) electrons. The summed E-state index contributed by atoms with van der Waals surface area (Å²) in [6, 6.07) is 2.50. The molecule has 0 spiro atoms. The third-order valence-electron chi connectivity index (χ3n) is 4.39. The summed E-state index contributed by atoms with van der Waals surface area (Å²) in [5.41, 5.74) is 0.996. The molecule has 0 saturated heterocycles. The van der Waals surface area contributed by atoms with Gasteiger partial charge in [0.1, 0.15) is 12.1 Å². The number of hydrogen-bond acceptors (Lipinski definition) is 5. The predicted molar refractivity (Wildman–Crippen MR) is 117 cm³/mol. The van der Waals surface area contributed by atoms with Gasteiger partial charge < -0.3 is 36.6 Å². The van der Waals surface area contributed by atoms with Crippen LogP contribution in [0.4, 0.5) is 15.3 Å². The Morgan fingerprint density at radius 1 is 0.879 bits per heavy atom. The second-order valence-corrected chi connectivity index (χ2v) is 6.90. The van der Waals surface area contributed by atoms with E-state index < -0.39 is 48.5 Å². The fourth-order valence-corrected chi connectivity index (χ4v) is 2.70. The van der Waals surface area contributed by atoms with E-state index in [1.807, 2.05) is 0 Å². The van der Waals surface area contributed by atoms with E-state index in [4.69, 9.17) is 16.6 Å². The van der Waals surface area contributed by atoms with Gasteiger partial charge in [0, 0.05) is 18.5 Å². The Hall–Kier alpha value is -4.27. The molecule has 0 aromatic heterocycles. The lowest BCUT2D eigenvalue weighted by atomic mass is 10.1. The second-order valence-electron chi connectivity index (χ2n) is 6.90. The number of amides is 4. The van der Waals surface area contributed by atoms with Gasteiger partial charge in [-0.15, -0.1) is 6.42 Å². The van der Waals surface area contributed by atoms with Gasteiger partial charge in [-0.2, -0.15) is 0 Å². The molecule has 0 fully saturated rings. The maximum Gasteiger partial charge on any atom is 0.326 e. The summed E-state index contributed by atoms with van der Waals surface area (Å²) in [5.74, 6) is -1.54. The summed E-state index contributed by atoms with van der Waals surface area (Å²) in [4.78, 5) is 57.0. The van der Waals surface area contributed by atoms with Crippen LogP contribution in [0.5, 0.6) is 0 Å². The van der Waals surface area contributed by atoms with Crippen LogP contribution in [0.3, 0.4) is 0 Å². The van der Waals surface area contributed by atoms with E-state index in [0.29, 0.717) is 24.1 Å². The highest BCUT2D eigenvalue weighted by molar-refractivity contribution is 5.90. The number of anilines is 1. The van der Waals surface area contributed by atoms with Crippen molar-refractivity contribution in [2.75, 3.05) is 11.9 Å². The first-order chi connectivity index (χ1) is 15.6. The van der Waals surface area contributed by atoms with Gasteiger partial charge in [0.15, 0.2) is 0 Å². The molecule has 4 amide bonds. The minimum Gasteiger partial charge on any atom is -0.481 e. The fourth-order valence-electron chi connectivity index (χ4n) is 2.70. The SMILES string of the molecule is C#Cc1ccccc1NC(=O)NCCCCC(NC(=O)NC(CCC(=O)O)C(=O)O)C(=O)O. The van der Waals surface area contributed by atoms with E-state index in [2.05, 4.69) is 27.2 Å². The smallest absolute Gasteiger partial charge is 0.326 e. The summed E-state index contributed by atoms with van der Waals surface area (Å²) in [6.07, 6.45) is 5.31. The maximum absolute atomic E-state index is 11.9. The van der Waals surface area contributed by atoms with Gasteiger partial charge in [0.2, 0.25) is 0 Å². The van der Waals surface area contributed by atoms with Crippen molar-refractivity contribution in [3.63, 3.8) is 0 Å². The zero-order valence-electron chi connectivity index (χ0n) is 17.7. The summed E-state index contributed by atoms with van der Waals surface area (Å²) in [5, 5.41) is 36.4. The molecule has 0 bridgehead atoms. The van der Waals surface area contributed by atoms with Gasteiger partial charge in [0.05, 0.1) is 5.69 Å². The number of carbonyl (C=O) groups excluding carboxylic acids is 2. The average molecular weight is 462 g/mol. The van der Waals surface area contributed by atoms with Crippen molar-refractivity contribution in [3.8, 4) is 12.3 Å². The second kappa shape index (κ2) is 13.9. The zero-order valence-corrected chi connectivity index (χ0v) is 17.7. The molecule has 33 heavy (non-hydrogen) atoms. The number of carboxylic acids is 3. The highest BCUT2D eigenvalue weighted by atomic mass is 16.4. The predicted octanol–water partition coefficient (Wildman–Crippen LogP) is 1.03. The largest absolute Gasteiger partial charge is 0.481 e. The normalized spacial score (nSPS) is 11.8. The molecule has 12 heteroatoms. The van der Waals surface area contributed by atoms with Gasteiger partial charge in [-0.25, -0.2) is 19.2 Å². The maximum atomic E-state index is 11.9. The Kier molecular flexibility index (Phi) is 11.3. The fraction of sp³-hybridized carbons (Fsp3) is 0.381. The minimum atomic E-state index is -1.47. The molecule has 0 aliphatic carbocycles. The van der Waals surface area contributed by atoms with Crippen molar-refractivity contribution in [2.45, 2.75) is 44.2 Å². The van der Waals surface area contributed by atoms with Crippen molar-refractivity contribution in [1.82, 2.24) is 16.0 Å². The van der Waals surface area contributed by atoms with E-state index in [1.54, 1.807) is 24.3 Å². The lowest BCUT2D eigenvalue weighted by Crippen LogP contribution is -2.51. The summed E-state index contributed by atoms with van der Waals surface area (Å²) < 4.78 is 0. The summed E-state index contributed by atoms with van der Waals surface area (Å²) in [7, 11) is 0. The third-order valence-corrected chi connectivity index (χ3v) is 4.39. The van der Waals surface area contributed by atoms with E-state index in [-0.39, 0.29) is 19.4 Å². The van der Waals surface area contributed by atoms with Gasteiger partial charge in [-0.1, -0.05) is 18.1 Å². The highest BCUT2D eigenvalue weighted by Gasteiger charge is 2.24. The van der Waals surface area contributed by atoms with E-state index in [9.17, 15) is 29.1 Å². The number of carboxylic acid groups (broad SMARTS) is 3. The highest BCUT2D eigenvalue weighted by Crippen LogP contribution is 2.13. The quantitative estimate of drug-likeness (QED) is 0.167. The Morgan fingerprint density at radius 2 is 1.48 bits per heavy atom. The van der Waals surface area contributed by atoms with Crippen LogP contribution in [0, 0.1) is 12.3 Å². The van der Waals surface area contributed by atoms with Crippen LogP contribution in [-0.2, 0) is 14.4 Å². The van der Waals surface area contributed by atoms with Crippen molar-refractivity contribution < 1.29 is 39.3 Å². The van der Waals surface area contributed by atoms with Gasteiger partial charge in [0.25, 0.3) is 0 Å². The standard InChI is InChI=1S/C21H26N4O8/c1-2-13-7-3-4-8-14(13)23-20(32)22-12-6-5-9-15(18(28)29)24-21(33)25-16(19(30)31)10-11-17(26)27/h1,3-4,7-8,15-16H,5-6,9-12H2,(H,26,27)(H,28,29)(H,30,31)(H2,22,23,32)(H2,24,25,33). The molecule has 7 N–H and O–H groups in total. The van der Waals surface area contributed by atoms with Crippen LogP contribution in [0.15, 0.2) is 24.3 Å². The number of terminal acetylenes is 1. The molecule has 2 atom stereocenters. The van der Waals surface area contributed by atoms with E-state index in [1.165, 1.54) is 0 Å². The number of carbonyl (C=O) groups is 5. The molecule has 0 aliphatic heterocycles. The Morgan fingerprint density at radius 3 is 2.06 bits per heavy atom. The topological polar surface area (TPSA) is 194 Å². The van der Waals surface area contributed by atoms with Crippen LogP contribution in [0.25, 0.3) is 0 Å². The van der Waals surface area contributed by atoms with Gasteiger partial charge in [-0.3, -0.25) is 4.79 Å². The van der Waals surface area contributed by atoms with Crippen molar-refractivity contribution in [1.29, 1.82) is 0 Å². The molecule has 0 saturated carbocycles. The molecular weight excluding hydrogens is 436 g/mol. The van der Waals surface area contributed by atoms with Crippen molar-refractivity contribution in [3.05, 3.63) is 29.8 Å². The minimum absolute atomic E-state index is 0.0266. The molecular formula is C21H26N4O8. The number of unbranched alkanes of at least 4 members (excludes halogenated alkanes) is 1. The summed E-state index contributed by atoms with van der Waals surface area (Å²) >= 11 is 0. The Balaban J connectivity index is 2.41. The molecule has 1 aromatic rings. The lowest BCUT2D eigenvalue weighted by Gasteiger charge is -2.18. The van der Waals surface area contributed by atoms with Crippen molar-refractivity contribution >= 4 is 35.7 Å². The molecule has 0 heterocycles. The number of rotatable bonds is 13. The summed E-state index contributed by atoms with van der Waals surface area (Å²) in [6.45, 7) is 0.235. The monoisotopic (exact) mass is 462 g/mol. The van der Waals surface area contributed by atoms with Crippen LogP contribution in [-0.4, -0.2) is 63.9 Å². The van der Waals surface area contributed by atoms with E-state index >= 15 is 0 Å². The first kappa shape index (κ1) is 26.8. The molecule has 1 rings (SSSR count). The lowest BCUT2D eigenvalue weighted by molar-refractivity contribution is -0.140. The number of aliphatic carboxylic acids is 3. The zero-order chi connectivity index (χ0) is 24.8. The number of nitrogens with one attached hydrogen (secondary N) is 4. The molecule has 1 aromatic carbocycles. The Labute approximate surface area is 189 Å². The molecule has 0 aliphatic rings. The number of benzene rings is 1. The van der Waals surface area contributed by atoms with Gasteiger partial charge in [-0.05, 0) is 37.8 Å². The first-order valence-corrected chi connectivity index (χ1v) is 9.99. The van der Waals surface area contributed by atoms with E-state index in [0.717, 1.165) is 0 Å². The van der Waals surface area contributed by atoms with Crippen LogP contribution >= 0.6 is 0 Å². The van der Waals surface area contributed by atoms with Crippen molar-refractivity contribution in [2.24, 2.45) is 0 Å². The third kappa shape index (κ3) is 10.5. The van der Waals surface area contributed by atoms with Crippen LogP contribution in [0.1, 0.15) is 37.7 Å². The average Bonchev–Trinajstić information content (AvgIpc) is 2.75. The number of urea groups is 2. The number of para-hydroxylation sites is 1. The molecule has 178 valence electrons. The first-order valence-electron chi connectivity index (χ1n) is 9.99. The number of hydrogen-bond donors (Lipinski definition) is 7. The molecule has 2 unspecified atom stereocenters. The van der Waals surface area contributed by atoms with Crippen LogP contribution in [0.2, 0.25) is 0 Å². The Bertz CT molecular complexity index is 912. The molecule has 12 nitrogen and oxygen atoms in total. The van der Waals surface area contributed by atoms with Gasteiger partial charge >= 0.3 is 30.0 Å².